The number of amides is 1. The van der Waals surface area contributed by atoms with Crippen molar-refractivity contribution < 1.29 is 4.79 Å². The molecule has 2 aromatic rings. The van der Waals surface area contributed by atoms with Crippen LogP contribution in [-0.4, -0.2) is 23.9 Å². The molecule has 2 saturated heterocycles. The lowest BCUT2D eigenvalue weighted by Crippen LogP contribution is -2.39. The summed E-state index contributed by atoms with van der Waals surface area (Å²) in [5.41, 5.74) is 2.20. The molecule has 2 fully saturated rings. The maximum atomic E-state index is 12.5. The van der Waals surface area contributed by atoms with Crippen LogP contribution >= 0.6 is 0 Å². The SMILES string of the molecule is C=CC(C)(C)C(=O)N1CCCC1c1ccccc1.c1ccc(C2CCCN2)cc1. The summed E-state index contributed by atoms with van der Waals surface area (Å²) < 4.78 is 0. The lowest BCUT2D eigenvalue weighted by Gasteiger charge is -2.31. The van der Waals surface area contributed by atoms with Gasteiger partial charge in [-0.25, -0.2) is 0 Å². The molecular weight excluding hydrogens is 356 g/mol. The zero-order valence-electron chi connectivity index (χ0n) is 17.8. The van der Waals surface area contributed by atoms with E-state index in [4.69, 9.17) is 0 Å². The Morgan fingerprint density at radius 1 is 1.00 bits per heavy atom. The molecule has 3 heteroatoms. The van der Waals surface area contributed by atoms with Gasteiger partial charge in [0.1, 0.15) is 0 Å². The van der Waals surface area contributed by atoms with Gasteiger partial charge in [-0.3, -0.25) is 4.79 Å². The van der Waals surface area contributed by atoms with Crippen LogP contribution in [0.2, 0.25) is 0 Å². The van der Waals surface area contributed by atoms with Crippen LogP contribution in [0.1, 0.15) is 62.7 Å². The minimum absolute atomic E-state index is 0.184. The third-order valence-corrected chi connectivity index (χ3v) is 6.02. The van der Waals surface area contributed by atoms with Gasteiger partial charge in [0.2, 0.25) is 5.91 Å². The van der Waals surface area contributed by atoms with Crippen LogP contribution in [0, 0.1) is 5.41 Å². The Kier molecular flexibility index (Phi) is 7.27. The van der Waals surface area contributed by atoms with Crippen molar-refractivity contribution in [3.05, 3.63) is 84.4 Å². The van der Waals surface area contributed by atoms with Crippen molar-refractivity contribution in [2.45, 2.75) is 51.6 Å². The number of carbonyl (C=O) groups is 1. The van der Waals surface area contributed by atoms with Gasteiger partial charge in [0.15, 0.2) is 0 Å². The average Bonchev–Trinajstić information content (AvgIpc) is 3.47. The monoisotopic (exact) mass is 390 g/mol. The van der Waals surface area contributed by atoms with E-state index >= 15 is 0 Å². The summed E-state index contributed by atoms with van der Waals surface area (Å²) in [6.07, 6.45) is 6.50. The number of rotatable bonds is 4. The third kappa shape index (κ3) is 5.36. The molecule has 1 N–H and O–H groups in total. The van der Waals surface area contributed by atoms with Gasteiger partial charge in [-0.15, -0.1) is 6.58 Å². The number of likely N-dealkylation sites (tertiary alicyclic amines) is 1. The topological polar surface area (TPSA) is 32.3 Å². The van der Waals surface area contributed by atoms with E-state index in [2.05, 4.69) is 54.4 Å². The van der Waals surface area contributed by atoms with Crippen LogP contribution < -0.4 is 5.32 Å². The summed E-state index contributed by atoms with van der Waals surface area (Å²) in [6.45, 7) is 9.68. The van der Waals surface area contributed by atoms with Gasteiger partial charge in [0.25, 0.3) is 0 Å². The molecule has 2 heterocycles. The number of hydrogen-bond acceptors (Lipinski definition) is 2. The molecule has 1 amide bonds. The standard InChI is InChI=1S/C16H21NO.C10H13N/c1-4-16(2,3)15(18)17-12-8-11-14(17)13-9-6-5-7-10-13;1-2-5-9(6-3-1)10-7-4-8-11-10/h4-7,9-10,14H,1,8,11-12H2,2-3H3;1-3,5-6,10-11H,4,7-8H2. The minimum atomic E-state index is -0.475. The summed E-state index contributed by atoms with van der Waals surface area (Å²) in [4.78, 5) is 14.5. The molecule has 0 radical (unpaired) electrons. The highest BCUT2D eigenvalue weighted by Crippen LogP contribution is 2.35. The number of hydrogen-bond donors (Lipinski definition) is 1. The van der Waals surface area contributed by atoms with Gasteiger partial charge in [-0.05, 0) is 57.2 Å². The fourth-order valence-corrected chi connectivity index (χ4v) is 4.14. The Morgan fingerprint density at radius 2 is 1.62 bits per heavy atom. The summed E-state index contributed by atoms with van der Waals surface area (Å²) >= 11 is 0. The van der Waals surface area contributed by atoms with Crippen molar-refractivity contribution in [2.75, 3.05) is 13.1 Å². The van der Waals surface area contributed by atoms with E-state index < -0.39 is 5.41 Å². The van der Waals surface area contributed by atoms with Crippen molar-refractivity contribution in [2.24, 2.45) is 5.41 Å². The fourth-order valence-electron chi connectivity index (χ4n) is 4.14. The first-order chi connectivity index (χ1) is 14.0. The molecule has 0 saturated carbocycles. The lowest BCUT2D eigenvalue weighted by molar-refractivity contribution is -0.138. The molecule has 2 aromatic carbocycles. The molecule has 4 rings (SSSR count). The van der Waals surface area contributed by atoms with Crippen LogP contribution in [0.15, 0.2) is 73.3 Å². The van der Waals surface area contributed by atoms with E-state index in [0.717, 1.165) is 19.4 Å². The predicted molar refractivity (Wildman–Crippen MR) is 121 cm³/mol. The fraction of sp³-hybridized carbons (Fsp3) is 0.423. The Labute approximate surface area is 175 Å². The lowest BCUT2D eigenvalue weighted by atomic mass is 9.91. The van der Waals surface area contributed by atoms with E-state index in [9.17, 15) is 4.79 Å². The average molecular weight is 391 g/mol. The van der Waals surface area contributed by atoms with Crippen molar-refractivity contribution in [3.8, 4) is 0 Å². The normalized spacial score (nSPS) is 21.4. The molecule has 0 spiro atoms. The smallest absolute Gasteiger partial charge is 0.232 e. The number of carbonyl (C=O) groups excluding carboxylic acids is 1. The molecule has 0 bridgehead atoms. The molecule has 2 unspecified atom stereocenters. The molecular formula is C26H34N2O. The summed E-state index contributed by atoms with van der Waals surface area (Å²) in [7, 11) is 0. The summed E-state index contributed by atoms with van der Waals surface area (Å²) in [5, 5.41) is 3.47. The molecule has 3 nitrogen and oxygen atoms in total. The van der Waals surface area contributed by atoms with E-state index in [0.29, 0.717) is 6.04 Å². The van der Waals surface area contributed by atoms with Gasteiger partial charge >= 0.3 is 0 Å². The van der Waals surface area contributed by atoms with E-state index in [-0.39, 0.29) is 11.9 Å². The summed E-state index contributed by atoms with van der Waals surface area (Å²) in [5.74, 6) is 0.184. The second-order valence-electron chi connectivity index (χ2n) is 8.55. The van der Waals surface area contributed by atoms with Crippen LogP contribution in [0.5, 0.6) is 0 Å². The molecule has 2 aliphatic rings. The maximum Gasteiger partial charge on any atom is 0.232 e. The van der Waals surface area contributed by atoms with Crippen LogP contribution in [0.3, 0.4) is 0 Å². The van der Waals surface area contributed by atoms with Gasteiger partial charge in [0.05, 0.1) is 11.5 Å². The largest absolute Gasteiger partial charge is 0.335 e. The zero-order chi connectivity index (χ0) is 20.7. The van der Waals surface area contributed by atoms with Crippen molar-refractivity contribution >= 4 is 5.91 Å². The van der Waals surface area contributed by atoms with E-state index in [1.807, 2.05) is 36.9 Å². The van der Waals surface area contributed by atoms with E-state index in [1.165, 1.54) is 30.5 Å². The number of benzene rings is 2. The van der Waals surface area contributed by atoms with Gasteiger partial charge in [-0.1, -0.05) is 66.7 Å². The number of nitrogens with one attached hydrogen (secondary N) is 1. The van der Waals surface area contributed by atoms with Crippen LogP contribution in [-0.2, 0) is 4.79 Å². The Bertz CT molecular complexity index is 779. The van der Waals surface area contributed by atoms with Crippen molar-refractivity contribution in [3.63, 3.8) is 0 Å². The molecule has 0 aromatic heterocycles. The van der Waals surface area contributed by atoms with Gasteiger partial charge in [0, 0.05) is 12.6 Å². The Morgan fingerprint density at radius 3 is 2.17 bits per heavy atom. The second-order valence-corrected chi connectivity index (χ2v) is 8.55. The van der Waals surface area contributed by atoms with Gasteiger partial charge in [-0.2, -0.15) is 0 Å². The second kappa shape index (κ2) is 9.89. The molecule has 2 atom stereocenters. The first-order valence-corrected chi connectivity index (χ1v) is 10.8. The highest BCUT2D eigenvalue weighted by atomic mass is 16.2. The first-order valence-electron chi connectivity index (χ1n) is 10.8. The Hall–Kier alpha value is -2.39. The highest BCUT2D eigenvalue weighted by molar-refractivity contribution is 5.84. The predicted octanol–water partition coefficient (Wildman–Crippen LogP) is 5.67. The zero-order valence-corrected chi connectivity index (χ0v) is 17.8. The maximum absolute atomic E-state index is 12.5. The molecule has 2 aliphatic heterocycles. The summed E-state index contributed by atoms with van der Waals surface area (Å²) in [6, 6.07) is 21.8. The van der Waals surface area contributed by atoms with E-state index in [1.54, 1.807) is 6.08 Å². The minimum Gasteiger partial charge on any atom is -0.335 e. The molecule has 29 heavy (non-hydrogen) atoms. The van der Waals surface area contributed by atoms with Crippen LogP contribution in [0.25, 0.3) is 0 Å². The quantitative estimate of drug-likeness (QED) is 0.682. The van der Waals surface area contributed by atoms with Crippen molar-refractivity contribution in [1.82, 2.24) is 10.2 Å². The van der Waals surface area contributed by atoms with Crippen molar-refractivity contribution in [1.29, 1.82) is 0 Å². The highest BCUT2D eigenvalue weighted by Gasteiger charge is 2.36. The molecule has 0 aliphatic carbocycles. The number of nitrogens with zero attached hydrogens (tertiary/aromatic N) is 1. The molecule has 154 valence electrons. The van der Waals surface area contributed by atoms with Crippen LogP contribution in [0.4, 0.5) is 0 Å². The first kappa shape index (κ1) is 21.3. The Balaban J connectivity index is 0.000000186. The van der Waals surface area contributed by atoms with Gasteiger partial charge < -0.3 is 10.2 Å². The third-order valence-electron chi connectivity index (χ3n) is 6.02.